The molecule has 0 radical (unpaired) electrons. The van der Waals surface area contributed by atoms with Crippen molar-refractivity contribution in [3.8, 4) is 29.5 Å². The minimum Gasteiger partial charge on any atom is -0.497 e. The van der Waals surface area contributed by atoms with Gasteiger partial charge in [0.25, 0.3) is 0 Å². The first kappa shape index (κ1) is 12.9. The first-order valence-corrected chi connectivity index (χ1v) is 5.41. The Balaban J connectivity index is 2.21. The van der Waals surface area contributed by atoms with Crippen molar-refractivity contribution in [1.29, 1.82) is 0 Å². The fourth-order valence-electron chi connectivity index (χ4n) is 1.30. The van der Waals surface area contributed by atoms with Crippen molar-refractivity contribution >= 4 is 0 Å². The van der Waals surface area contributed by atoms with Gasteiger partial charge in [-0.3, -0.25) is 0 Å². The maximum absolute atomic E-state index is 5.49. The summed E-state index contributed by atoms with van der Waals surface area (Å²) >= 11 is 0. The highest BCUT2D eigenvalue weighted by atomic mass is 16.5. The lowest BCUT2D eigenvalue weighted by atomic mass is 10.3. The molecule has 7 nitrogen and oxygen atoms in total. The van der Waals surface area contributed by atoms with E-state index in [-0.39, 0.29) is 18.0 Å². The largest absolute Gasteiger partial charge is 0.497 e. The number of benzene rings is 1. The van der Waals surface area contributed by atoms with Crippen LogP contribution in [0.25, 0.3) is 0 Å². The molecule has 0 unspecified atom stereocenters. The highest BCUT2D eigenvalue weighted by Gasteiger charge is 2.09. The molecule has 0 saturated heterocycles. The van der Waals surface area contributed by atoms with Gasteiger partial charge in [0, 0.05) is 0 Å². The first-order valence-electron chi connectivity index (χ1n) is 5.41. The van der Waals surface area contributed by atoms with E-state index in [4.69, 9.17) is 18.9 Å². The maximum Gasteiger partial charge on any atom is 0.331 e. The summed E-state index contributed by atoms with van der Waals surface area (Å²) in [6.07, 6.45) is 0. The topological polar surface area (TPSA) is 75.6 Å². The lowest BCUT2D eigenvalue weighted by Crippen LogP contribution is -2.01. The zero-order valence-electron chi connectivity index (χ0n) is 10.8. The number of ether oxygens (including phenoxy) is 4. The molecule has 0 aliphatic carbocycles. The van der Waals surface area contributed by atoms with Crippen LogP contribution in [0.2, 0.25) is 0 Å². The van der Waals surface area contributed by atoms with Gasteiger partial charge in [-0.05, 0) is 24.3 Å². The predicted octanol–water partition coefficient (Wildman–Crippen LogP) is 1.69. The predicted molar refractivity (Wildman–Crippen MR) is 66.0 cm³/mol. The third kappa shape index (κ3) is 3.21. The van der Waals surface area contributed by atoms with Gasteiger partial charge in [-0.1, -0.05) is 0 Å². The zero-order valence-corrected chi connectivity index (χ0v) is 10.8. The van der Waals surface area contributed by atoms with Crippen LogP contribution in [0.1, 0.15) is 0 Å². The first-order chi connectivity index (χ1) is 9.25. The summed E-state index contributed by atoms with van der Waals surface area (Å²) < 4.78 is 20.4. The van der Waals surface area contributed by atoms with E-state index in [1.165, 1.54) is 14.2 Å². The summed E-state index contributed by atoms with van der Waals surface area (Å²) in [6, 6.07) is 7.35. The molecule has 0 bridgehead atoms. The number of rotatable bonds is 5. The molecule has 2 aromatic rings. The molecular formula is C12H13N3O4. The van der Waals surface area contributed by atoms with Crippen molar-refractivity contribution in [2.24, 2.45) is 0 Å². The lowest BCUT2D eigenvalue weighted by Gasteiger charge is -2.07. The lowest BCUT2D eigenvalue weighted by molar-refractivity contribution is 0.320. The quantitative estimate of drug-likeness (QED) is 0.812. The molecule has 0 aliphatic heterocycles. The van der Waals surface area contributed by atoms with Crippen molar-refractivity contribution < 1.29 is 18.9 Å². The smallest absolute Gasteiger partial charge is 0.331 e. The molecule has 7 heteroatoms. The molecule has 1 aromatic heterocycles. The molecular weight excluding hydrogens is 250 g/mol. The second-order valence-corrected chi connectivity index (χ2v) is 3.37. The second-order valence-electron chi connectivity index (χ2n) is 3.37. The van der Waals surface area contributed by atoms with Crippen LogP contribution in [0, 0.1) is 0 Å². The van der Waals surface area contributed by atoms with Crippen LogP contribution in [-0.4, -0.2) is 36.3 Å². The van der Waals surface area contributed by atoms with Gasteiger partial charge >= 0.3 is 18.0 Å². The van der Waals surface area contributed by atoms with Crippen molar-refractivity contribution in [2.75, 3.05) is 21.3 Å². The van der Waals surface area contributed by atoms with Crippen molar-refractivity contribution in [2.45, 2.75) is 0 Å². The van der Waals surface area contributed by atoms with Gasteiger partial charge in [-0.15, -0.1) is 15.0 Å². The summed E-state index contributed by atoms with van der Waals surface area (Å²) in [4.78, 5) is 11.8. The Kier molecular flexibility index (Phi) is 3.97. The van der Waals surface area contributed by atoms with Crippen LogP contribution in [-0.2, 0) is 0 Å². The van der Waals surface area contributed by atoms with E-state index in [9.17, 15) is 0 Å². The van der Waals surface area contributed by atoms with Crippen LogP contribution >= 0.6 is 0 Å². The Morgan fingerprint density at radius 3 is 1.58 bits per heavy atom. The fourth-order valence-corrected chi connectivity index (χ4v) is 1.30. The molecule has 0 spiro atoms. The molecule has 19 heavy (non-hydrogen) atoms. The Morgan fingerprint density at radius 1 is 0.632 bits per heavy atom. The summed E-state index contributed by atoms with van der Waals surface area (Å²) in [5.74, 6) is 1.30. The average molecular weight is 263 g/mol. The van der Waals surface area contributed by atoms with Gasteiger partial charge in [0.05, 0.1) is 21.3 Å². The highest BCUT2D eigenvalue weighted by molar-refractivity contribution is 5.32. The van der Waals surface area contributed by atoms with Crippen LogP contribution in [0.15, 0.2) is 24.3 Å². The molecule has 0 atom stereocenters. The number of hydrogen-bond donors (Lipinski definition) is 0. The number of aromatic nitrogens is 3. The molecule has 1 heterocycles. The summed E-state index contributed by atoms with van der Waals surface area (Å²) in [5.41, 5.74) is 0. The highest BCUT2D eigenvalue weighted by Crippen LogP contribution is 2.23. The van der Waals surface area contributed by atoms with E-state index in [0.717, 1.165) is 5.75 Å². The van der Waals surface area contributed by atoms with Crippen molar-refractivity contribution in [3.05, 3.63) is 24.3 Å². The van der Waals surface area contributed by atoms with Gasteiger partial charge in [0.1, 0.15) is 11.5 Å². The summed E-state index contributed by atoms with van der Waals surface area (Å²) in [6.45, 7) is 0. The number of nitrogens with zero attached hydrogens (tertiary/aromatic N) is 3. The third-order valence-electron chi connectivity index (χ3n) is 2.21. The average Bonchev–Trinajstić information content (AvgIpc) is 2.47. The van der Waals surface area contributed by atoms with E-state index >= 15 is 0 Å². The Labute approximate surface area is 110 Å². The molecule has 0 amide bonds. The van der Waals surface area contributed by atoms with E-state index < -0.39 is 0 Å². The Bertz CT molecular complexity index is 523. The minimum atomic E-state index is 0.0915. The molecule has 2 rings (SSSR count). The molecule has 0 aliphatic rings. The van der Waals surface area contributed by atoms with Crippen molar-refractivity contribution in [1.82, 2.24) is 15.0 Å². The van der Waals surface area contributed by atoms with Gasteiger partial charge in [0.15, 0.2) is 0 Å². The van der Waals surface area contributed by atoms with Crippen molar-refractivity contribution in [3.63, 3.8) is 0 Å². The minimum absolute atomic E-state index is 0.0915. The Morgan fingerprint density at radius 2 is 1.11 bits per heavy atom. The summed E-state index contributed by atoms with van der Waals surface area (Å²) in [5, 5.41) is 0. The Hall–Kier alpha value is -2.57. The molecule has 100 valence electrons. The van der Waals surface area contributed by atoms with E-state index in [1.54, 1.807) is 31.4 Å². The molecule has 1 aromatic carbocycles. The zero-order chi connectivity index (χ0) is 13.7. The monoisotopic (exact) mass is 263 g/mol. The van der Waals surface area contributed by atoms with Gasteiger partial charge in [0.2, 0.25) is 0 Å². The fraction of sp³-hybridized carbons (Fsp3) is 0.250. The standard InChI is InChI=1S/C12H13N3O4/c1-16-8-4-6-9(7-5-8)19-12-14-10(17-2)13-11(15-12)18-3/h4-7H,1-3H3. The number of methoxy groups -OCH3 is 3. The van der Waals surface area contributed by atoms with Crippen LogP contribution in [0.3, 0.4) is 0 Å². The van der Waals surface area contributed by atoms with E-state index in [0.29, 0.717) is 5.75 Å². The second kappa shape index (κ2) is 5.85. The maximum atomic E-state index is 5.49. The van der Waals surface area contributed by atoms with Gasteiger partial charge in [-0.2, -0.15) is 0 Å². The van der Waals surface area contributed by atoms with E-state index in [2.05, 4.69) is 15.0 Å². The number of hydrogen-bond acceptors (Lipinski definition) is 7. The molecule has 0 N–H and O–H groups in total. The van der Waals surface area contributed by atoms with Crippen LogP contribution < -0.4 is 18.9 Å². The van der Waals surface area contributed by atoms with Crippen LogP contribution in [0.5, 0.6) is 29.5 Å². The third-order valence-corrected chi connectivity index (χ3v) is 2.21. The molecule has 0 fully saturated rings. The van der Waals surface area contributed by atoms with E-state index in [1.807, 2.05) is 0 Å². The SMILES string of the molecule is COc1ccc(Oc2nc(OC)nc(OC)n2)cc1. The normalized spacial score (nSPS) is 9.84. The van der Waals surface area contributed by atoms with Gasteiger partial charge in [-0.25, -0.2) is 0 Å². The van der Waals surface area contributed by atoms with Crippen LogP contribution in [0.4, 0.5) is 0 Å². The summed E-state index contributed by atoms with van der Waals surface area (Å²) in [7, 11) is 4.50. The molecule has 0 saturated carbocycles. The van der Waals surface area contributed by atoms with Gasteiger partial charge < -0.3 is 18.9 Å².